The molecule has 1 aromatic rings. The van der Waals surface area contributed by atoms with E-state index in [4.69, 9.17) is 13.7 Å². The molecule has 9 nitrogen and oxygen atoms in total. The summed E-state index contributed by atoms with van der Waals surface area (Å²) in [4.78, 5) is 24.1. The predicted molar refractivity (Wildman–Crippen MR) is 98.4 cm³/mol. The highest BCUT2D eigenvalue weighted by Crippen LogP contribution is 2.28. The number of ether oxygens (including phenoxy) is 2. The maximum atomic E-state index is 12.6. The monoisotopic (exact) mass is 415 g/mol. The molecular formula is C18H25NO8S. The number of amides is 1. The van der Waals surface area contributed by atoms with E-state index in [0.717, 1.165) is 5.56 Å². The molecule has 1 fully saturated rings. The largest absolute Gasteiger partial charge is 0.479 e. The SMILES string of the molecule is Cc1ccc(S(=O)(=O)OC2COCCC2(NC(=O)OC(C)(C)C)C(=O)O)cc1. The molecule has 10 heteroatoms. The van der Waals surface area contributed by atoms with Crippen molar-refractivity contribution >= 4 is 22.2 Å². The summed E-state index contributed by atoms with van der Waals surface area (Å²) >= 11 is 0. The Morgan fingerprint density at radius 1 is 1.25 bits per heavy atom. The number of nitrogens with one attached hydrogen (secondary N) is 1. The van der Waals surface area contributed by atoms with Gasteiger partial charge >= 0.3 is 12.1 Å². The van der Waals surface area contributed by atoms with Gasteiger partial charge in [-0.2, -0.15) is 8.42 Å². The van der Waals surface area contributed by atoms with E-state index in [0.29, 0.717) is 0 Å². The average molecular weight is 415 g/mol. The summed E-state index contributed by atoms with van der Waals surface area (Å²) in [5.74, 6) is -1.44. The molecule has 156 valence electrons. The summed E-state index contributed by atoms with van der Waals surface area (Å²) in [5, 5.41) is 12.1. The average Bonchev–Trinajstić information content (AvgIpc) is 2.55. The summed E-state index contributed by atoms with van der Waals surface area (Å²) in [6.45, 7) is 6.35. The van der Waals surface area contributed by atoms with Crippen molar-refractivity contribution in [1.29, 1.82) is 0 Å². The number of carboxylic acid groups (broad SMARTS) is 1. The summed E-state index contributed by atoms with van der Waals surface area (Å²) in [6, 6.07) is 5.91. The fraction of sp³-hybridized carbons (Fsp3) is 0.556. The second kappa shape index (κ2) is 8.06. The Kier molecular flexibility index (Phi) is 6.37. The zero-order valence-electron chi connectivity index (χ0n) is 16.2. The summed E-state index contributed by atoms with van der Waals surface area (Å²) in [7, 11) is -4.29. The molecule has 0 saturated carbocycles. The van der Waals surface area contributed by atoms with Crippen LogP contribution in [0.4, 0.5) is 4.79 Å². The van der Waals surface area contributed by atoms with Gasteiger partial charge in [0.05, 0.1) is 11.5 Å². The van der Waals surface area contributed by atoms with Crippen molar-refractivity contribution in [2.75, 3.05) is 13.2 Å². The van der Waals surface area contributed by atoms with Crippen LogP contribution in [0, 0.1) is 6.92 Å². The topological polar surface area (TPSA) is 128 Å². The van der Waals surface area contributed by atoms with E-state index in [1.54, 1.807) is 39.8 Å². The first-order valence-corrected chi connectivity index (χ1v) is 10.1. The van der Waals surface area contributed by atoms with Gasteiger partial charge in [-0.05, 0) is 39.8 Å². The number of alkyl carbamates (subject to hydrolysis) is 1. The Bertz CT molecular complexity index is 828. The van der Waals surface area contributed by atoms with Crippen LogP contribution in [0.15, 0.2) is 29.2 Å². The predicted octanol–water partition coefficient (Wildman–Crippen LogP) is 1.84. The highest BCUT2D eigenvalue weighted by atomic mass is 32.2. The van der Waals surface area contributed by atoms with Crippen LogP contribution in [0.5, 0.6) is 0 Å². The minimum absolute atomic E-state index is 0.00649. The second-order valence-corrected chi connectivity index (χ2v) is 9.15. The van der Waals surface area contributed by atoms with Crippen molar-refractivity contribution in [3.05, 3.63) is 29.8 Å². The van der Waals surface area contributed by atoms with Gasteiger partial charge in [-0.1, -0.05) is 17.7 Å². The van der Waals surface area contributed by atoms with Crippen molar-refractivity contribution in [1.82, 2.24) is 5.32 Å². The molecule has 0 radical (unpaired) electrons. The number of rotatable bonds is 5. The van der Waals surface area contributed by atoms with E-state index < -0.39 is 39.4 Å². The highest BCUT2D eigenvalue weighted by molar-refractivity contribution is 7.86. The molecule has 2 rings (SSSR count). The third-order valence-electron chi connectivity index (χ3n) is 4.12. The molecule has 0 spiro atoms. The Balaban J connectivity index is 2.32. The lowest BCUT2D eigenvalue weighted by molar-refractivity contribution is -0.157. The molecule has 2 unspecified atom stereocenters. The van der Waals surface area contributed by atoms with Gasteiger partial charge in [-0.15, -0.1) is 0 Å². The number of aliphatic carboxylic acids is 1. The van der Waals surface area contributed by atoms with Crippen molar-refractivity contribution in [2.45, 2.75) is 56.3 Å². The number of hydrogen-bond donors (Lipinski definition) is 2. The molecule has 1 amide bonds. The van der Waals surface area contributed by atoms with Crippen molar-refractivity contribution in [3.63, 3.8) is 0 Å². The van der Waals surface area contributed by atoms with Gasteiger partial charge in [0.25, 0.3) is 10.1 Å². The molecular weight excluding hydrogens is 390 g/mol. The Morgan fingerprint density at radius 2 is 1.86 bits per heavy atom. The zero-order chi connectivity index (χ0) is 21.2. The van der Waals surface area contributed by atoms with E-state index in [2.05, 4.69) is 5.32 Å². The third-order valence-corrected chi connectivity index (χ3v) is 5.45. The van der Waals surface area contributed by atoms with E-state index in [-0.39, 0.29) is 24.5 Å². The Morgan fingerprint density at radius 3 is 2.39 bits per heavy atom. The fourth-order valence-electron chi connectivity index (χ4n) is 2.68. The third kappa shape index (κ3) is 5.21. The number of hydrogen-bond acceptors (Lipinski definition) is 7. The lowest BCUT2D eigenvalue weighted by Gasteiger charge is -2.40. The molecule has 2 atom stereocenters. The lowest BCUT2D eigenvalue weighted by atomic mass is 9.87. The second-order valence-electron chi connectivity index (χ2n) is 7.58. The van der Waals surface area contributed by atoms with Crippen LogP contribution in [-0.4, -0.2) is 56.0 Å². The lowest BCUT2D eigenvalue weighted by Crippen LogP contribution is -2.67. The number of benzene rings is 1. The van der Waals surface area contributed by atoms with Crippen LogP contribution in [0.2, 0.25) is 0 Å². The van der Waals surface area contributed by atoms with E-state index in [9.17, 15) is 23.1 Å². The summed E-state index contributed by atoms with van der Waals surface area (Å²) < 4.78 is 40.8. The molecule has 0 aliphatic carbocycles. The van der Waals surface area contributed by atoms with Crippen molar-refractivity contribution < 1.29 is 36.8 Å². The maximum absolute atomic E-state index is 12.6. The van der Waals surface area contributed by atoms with Crippen molar-refractivity contribution in [3.8, 4) is 0 Å². The molecule has 1 aliphatic rings. The zero-order valence-corrected chi connectivity index (χ0v) is 17.0. The smallest absolute Gasteiger partial charge is 0.408 e. The van der Waals surface area contributed by atoms with Gasteiger partial charge in [0, 0.05) is 13.0 Å². The minimum atomic E-state index is -4.29. The highest BCUT2D eigenvalue weighted by Gasteiger charge is 2.53. The number of aryl methyl sites for hydroxylation is 1. The van der Waals surface area contributed by atoms with E-state index in [1.807, 2.05) is 0 Å². The van der Waals surface area contributed by atoms with Crippen LogP contribution in [-0.2, 0) is 28.6 Å². The number of carboxylic acids is 1. The first kappa shape index (κ1) is 22.1. The molecule has 0 aromatic heterocycles. The van der Waals surface area contributed by atoms with Gasteiger partial charge < -0.3 is 19.9 Å². The first-order valence-electron chi connectivity index (χ1n) is 8.68. The molecule has 1 aliphatic heterocycles. The first-order chi connectivity index (χ1) is 12.9. The van der Waals surface area contributed by atoms with Gasteiger partial charge in [0.2, 0.25) is 0 Å². The van der Waals surface area contributed by atoms with E-state index in [1.165, 1.54) is 12.1 Å². The Hall–Kier alpha value is -2.17. The number of carbonyl (C=O) groups is 2. The normalized spacial score (nSPS) is 23.1. The molecule has 1 saturated heterocycles. The molecule has 1 heterocycles. The molecule has 28 heavy (non-hydrogen) atoms. The summed E-state index contributed by atoms with van der Waals surface area (Å²) in [6.07, 6.45) is -2.65. The van der Waals surface area contributed by atoms with Gasteiger partial charge in [0.15, 0.2) is 5.54 Å². The van der Waals surface area contributed by atoms with Crippen LogP contribution >= 0.6 is 0 Å². The van der Waals surface area contributed by atoms with Gasteiger partial charge in [-0.25, -0.2) is 9.59 Å². The van der Waals surface area contributed by atoms with Gasteiger partial charge in [0.1, 0.15) is 11.7 Å². The molecule has 2 N–H and O–H groups in total. The standard InChI is InChI=1S/C18H25NO8S/c1-12-5-7-13(8-6-12)28(23,24)27-14-11-25-10-9-18(14,15(20)21)19-16(22)26-17(2,3)4/h5-8,14H,9-11H2,1-4H3,(H,19,22)(H,20,21). The van der Waals surface area contributed by atoms with Gasteiger partial charge in [-0.3, -0.25) is 4.18 Å². The fourth-order valence-corrected chi connectivity index (χ4v) is 3.78. The van der Waals surface area contributed by atoms with Crippen LogP contribution < -0.4 is 5.32 Å². The Labute approximate surface area is 164 Å². The van der Waals surface area contributed by atoms with Crippen LogP contribution in [0.1, 0.15) is 32.8 Å². The maximum Gasteiger partial charge on any atom is 0.408 e. The van der Waals surface area contributed by atoms with Crippen LogP contribution in [0.3, 0.4) is 0 Å². The minimum Gasteiger partial charge on any atom is -0.479 e. The number of carbonyl (C=O) groups excluding carboxylic acids is 1. The van der Waals surface area contributed by atoms with Crippen LogP contribution in [0.25, 0.3) is 0 Å². The molecule has 1 aromatic carbocycles. The summed E-state index contributed by atoms with van der Waals surface area (Å²) in [5.41, 5.74) is -2.02. The van der Waals surface area contributed by atoms with E-state index >= 15 is 0 Å². The van der Waals surface area contributed by atoms with Crippen molar-refractivity contribution in [2.24, 2.45) is 0 Å². The molecule has 0 bridgehead atoms. The quantitative estimate of drug-likeness (QED) is 0.697.